The molecule has 0 fully saturated rings. The summed E-state index contributed by atoms with van der Waals surface area (Å²) in [5, 5.41) is 33.9. The second-order valence-corrected chi connectivity index (χ2v) is 15.6. The Kier molecular flexibility index (Phi) is 16.7. The van der Waals surface area contributed by atoms with Gasteiger partial charge < -0.3 is 15.3 Å². The van der Waals surface area contributed by atoms with Crippen LogP contribution < -0.4 is 0 Å². The summed E-state index contributed by atoms with van der Waals surface area (Å²) in [4.78, 5) is 11.4. The fourth-order valence-electron chi connectivity index (χ4n) is 7.75. The van der Waals surface area contributed by atoms with Crippen molar-refractivity contribution in [1.29, 1.82) is 0 Å². The van der Waals surface area contributed by atoms with Gasteiger partial charge in [-0.15, -0.1) is 6.58 Å². The van der Waals surface area contributed by atoms with Crippen LogP contribution in [-0.4, -0.2) is 33.4 Å². The molecular formula is C49H57F5O4. The number of alkyl halides is 5. The maximum Gasteiger partial charge on any atom is 0.453 e. The van der Waals surface area contributed by atoms with Gasteiger partial charge in [0, 0.05) is 6.42 Å². The van der Waals surface area contributed by atoms with E-state index < -0.39 is 36.8 Å². The lowest BCUT2D eigenvalue weighted by molar-refractivity contribution is -0.284. The van der Waals surface area contributed by atoms with E-state index in [4.69, 9.17) is 0 Å². The molecule has 3 N–H and O–H groups in total. The van der Waals surface area contributed by atoms with E-state index >= 15 is 0 Å². The zero-order chi connectivity index (χ0) is 42.5. The average Bonchev–Trinajstić information content (AvgIpc) is 3.15. The second-order valence-electron chi connectivity index (χ2n) is 15.6. The van der Waals surface area contributed by atoms with Crippen LogP contribution in [0.4, 0.5) is 22.0 Å². The third-order valence-electron chi connectivity index (χ3n) is 11.0. The van der Waals surface area contributed by atoms with Crippen LogP contribution >= 0.6 is 0 Å². The molecule has 1 atom stereocenters. The fourth-order valence-corrected chi connectivity index (χ4v) is 7.75. The first-order valence-corrected chi connectivity index (χ1v) is 20.3. The van der Waals surface area contributed by atoms with Crippen molar-refractivity contribution in [3.05, 3.63) is 119 Å². The number of aryl methyl sites for hydroxylation is 4. The molecule has 0 heterocycles. The van der Waals surface area contributed by atoms with Gasteiger partial charge in [-0.25, -0.2) is 0 Å². The summed E-state index contributed by atoms with van der Waals surface area (Å²) >= 11 is 0. The minimum absolute atomic E-state index is 0.188. The minimum Gasteiger partial charge on any atom is -0.508 e. The number of hydrogen-bond donors (Lipinski definition) is 3. The van der Waals surface area contributed by atoms with Crippen LogP contribution in [0.15, 0.2) is 91.5 Å². The molecule has 1 unspecified atom stereocenters. The van der Waals surface area contributed by atoms with Crippen LogP contribution in [0, 0.1) is 26.7 Å². The van der Waals surface area contributed by atoms with E-state index in [9.17, 15) is 42.1 Å². The Bertz CT molecular complexity index is 2140. The van der Waals surface area contributed by atoms with Crippen LogP contribution in [0.1, 0.15) is 105 Å². The quantitative estimate of drug-likeness (QED) is 0.0441. The normalized spacial score (nSPS) is 12.3. The van der Waals surface area contributed by atoms with Crippen LogP contribution in [0.3, 0.4) is 0 Å². The third kappa shape index (κ3) is 12.8. The first-order chi connectivity index (χ1) is 27.5. The SMILES string of the molecule is C=CCc1c(C)ccc2cc(C)ccc12.Cc1cc(O)ccc1-c1ccc2cc(O)ccc2c1CCCCCCCCCCC(CCCC(F)(F)C(F)(F)F)C(=O)O. The first-order valence-electron chi connectivity index (χ1n) is 20.3. The number of aromatic hydroxyl groups is 2. The van der Waals surface area contributed by atoms with Crippen LogP contribution in [0.5, 0.6) is 11.5 Å². The molecule has 0 amide bonds. The van der Waals surface area contributed by atoms with Gasteiger partial charge in [0.25, 0.3) is 0 Å². The van der Waals surface area contributed by atoms with E-state index in [-0.39, 0.29) is 24.3 Å². The maximum atomic E-state index is 13.1. The Morgan fingerprint density at radius 2 is 1.19 bits per heavy atom. The number of halogens is 5. The van der Waals surface area contributed by atoms with Crippen LogP contribution in [-0.2, 0) is 17.6 Å². The molecule has 0 aliphatic heterocycles. The lowest BCUT2D eigenvalue weighted by Crippen LogP contribution is -2.36. The van der Waals surface area contributed by atoms with Crippen LogP contribution in [0.2, 0.25) is 0 Å². The molecule has 0 spiro atoms. The predicted octanol–water partition coefficient (Wildman–Crippen LogP) is 14.5. The van der Waals surface area contributed by atoms with Crippen LogP contribution in [0.25, 0.3) is 32.7 Å². The number of phenolic OH excluding ortho intramolecular Hbond substituents is 2. The van der Waals surface area contributed by atoms with E-state index in [2.05, 4.69) is 56.8 Å². The van der Waals surface area contributed by atoms with Gasteiger partial charge in [-0.1, -0.05) is 111 Å². The number of hydrogen-bond acceptors (Lipinski definition) is 3. The van der Waals surface area contributed by atoms with E-state index in [1.54, 1.807) is 24.3 Å². The van der Waals surface area contributed by atoms with Crippen molar-refractivity contribution in [3.8, 4) is 22.6 Å². The number of fused-ring (bicyclic) bond motifs is 2. The number of carbonyl (C=O) groups is 1. The second kappa shape index (κ2) is 21.2. The maximum absolute atomic E-state index is 13.1. The Hall–Kier alpha value is -4.92. The molecule has 5 rings (SSSR count). The van der Waals surface area contributed by atoms with Crippen molar-refractivity contribution >= 4 is 27.5 Å². The zero-order valence-corrected chi connectivity index (χ0v) is 33.9. The molecule has 0 saturated heterocycles. The predicted molar refractivity (Wildman–Crippen MR) is 226 cm³/mol. The molecule has 0 aromatic heterocycles. The summed E-state index contributed by atoms with van der Waals surface area (Å²) in [5.74, 6) is -6.40. The largest absolute Gasteiger partial charge is 0.508 e. The van der Waals surface area contributed by atoms with Gasteiger partial charge in [-0.3, -0.25) is 4.79 Å². The summed E-state index contributed by atoms with van der Waals surface area (Å²) in [7, 11) is 0. The van der Waals surface area contributed by atoms with Gasteiger partial charge in [0.1, 0.15) is 11.5 Å². The highest BCUT2D eigenvalue weighted by Gasteiger charge is 2.56. The molecule has 312 valence electrons. The summed E-state index contributed by atoms with van der Waals surface area (Å²) in [5.41, 5.74) is 8.44. The smallest absolute Gasteiger partial charge is 0.453 e. The number of carboxylic acids is 1. The van der Waals surface area contributed by atoms with Gasteiger partial charge in [0.05, 0.1) is 5.92 Å². The molecule has 0 bridgehead atoms. The Morgan fingerprint density at radius 1 is 0.638 bits per heavy atom. The highest BCUT2D eigenvalue weighted by atomic mass is 19.4. The molecule has 0 aliphatic carbocycles. The molecule has 4 nitrogen and oxygen atoms in total. The van der Waals surface area contributed by atoms with E-state index in [0.29, 0.717) is 6.42 Å². The Morgan fingerprint density at radius 3 is 1.84 bits per heavy atom. The number of aliphatic carboxylic acids is 1. The lowest BCUT2D eigenvalue weighted by Gasteiger charge is -2.20. The lowest BCUT2D eigenvalue weighted by atomic mass is 9.89. The van der Waals surface area contributed by atoms with Crippen molar-refractivity contribution in [3.63, 3.8) is 0 Å². The monoisotopic (exact) mass is 804 g/mol. The molecule has 0 aliphatic rings. The minimum atomic E-state index is -5.61. The van der Waals surface area contributed by atoms with E-state index in [0.717, 1.165) is 85.3 Å². The van der Waals surface area contributed by atoms with Crippen molar-refractivity contribution < 1.29 is 42.1 Å². The summed E-state index contributed by atoms with van der Waals surface area (Å²) in [6.45, 7) is 10.1. The van der Waals surface area contributed by atoms with Crippen molar-refractivity contribution in [2.45, 2.75) is 123 Å². The van der Waals surface area contributed by atoms with Gasteiger partial charge in [-0.05, 0) is 138 Å². The van der Waals surface area contributed by atoms with Gasteiger partial charge in [-0.2, -0.15) is 22.0 Å². The molecule has 58 heavy (non-hydrogen) atoms. The summed E-state index contributed by atoms with van der Waals surface area (Å²) in [6, 6.07) is 25.9. The van der Waals surface area contributed by atoms with E-state index in [1.807, 2.05) is 31.2 Å². The number of unbranched alkanes of at least 4 members (excludes halogenated alkanes) is 7. The number of carboxylic acid groups (broad SMARTS) is 1. The molecule has 0 radical (unpaired) electrons. The van der Waals surface area contributed by atoms with Gasteiger partial charge >= 0.3 is 18.1 Å². The first kappa shape index (κ1) is 45.8. The topological polar surface area (TPSA) is 77.8 Å². The summed E-state index contributed by atoms with van der Waals surface area (Å²) < 4.78 is 63.1. The van der Waals surface area contributed by atoms with E-state index in [1.165, 1.54) is 33.0 Å². The highest BCUT2D eigenvalue weighted by molar-refractivity contribution is 5.93. The van der Waals surface area contributed by atoms with Crippen molar-refractivity contribution in [2.24, 2.45) is 5.92 Å². The molecule has 0 saturated carbocycles. The fraction of sp³-hybridized carbons (Fsp3) is 0.408. The van der Waals surface area contributed by atoms with Crippen molar-refractivity contribution in [1.82, 2.24) is 0 Å². The number of rotatable bonds is 19. The Balaban J connectivity index is 0.000000411. The molecule has 5 aromatic carbocycles. The average molecular weight is 805 g/mol. The van der Waals surface area contributed by atoms with Gasteiger partial charge in [0.15, 0.2) is 0 Å². The third-order valence-corrected chi connectivity index (χ3v) is 11.0. The Labute approximate surface area is 339 Å². The summed E-state index contributed by atoms with van der Waals surface area (Å²) in [6.07, 6.45) is 3.78. The number of allylic oxidation sites excluding steroid dienone is 1. The zero-order valence-electron chi connectivity index (χ0n) is 33.9. The molecular weight excluding hydrogens is 748 g/mol. The molecule has 5 aromatic rings. The number of benzene rings is 5. The van der Waals surface area contributed by atoms with Gasteiger partial charge in [0.2, 0.25) is 0 Å². The molecule has 9 heteroatoms. The van der Waals surface area contributed by atoms with Crippen molar-refractivity contribution in [2.75, 3.05) is 0 Å². The standard InChI is InChI=1S/C34H41F5O4.C15H16/c1-23-21-26(40)15-18-28(23)31-17-14-25-22-27(41)16-19-29(25)30(31)13-9-7-5-3-2-4-6-8-11-24(32(42)43)12-10-20-33(35,36)34(37,38)39;1-4-5-14-12(3)7-8-13-10-11(2)6-9-15(13)14/h14-19,21-22,24,40-41H,2-13,20H2,1H3,(H,42,43);4,6-10H,1,5H2,2-3H3. The number of phenols is 2. The highest BCUT2D eigenvalue weighted by Crippen LogP contribution is 2.40.